The number of carbonyl (C=O) groups excluding carboxylic acids is 2. The molecule has 2 heterocycles. The molecule has 27 heavy (non-hydrogen) atoms. The Balaban J connectivity index is 1.29. The summed E-state index contributed by atoms with van der Waals surface area (Å²) in [5.74, 6) is -0.237. The molecule has 0 radical (unpaired) electrons. The standard InChI is InChI=1S/C22H23N3O2/c26-21-12-18(15-25(21)14-16-6-2-1-3-7-16)22(27)23-11-10-17-13-24-20-9-5-4-8-19(17)20/h1-9,13,18,24H,10-12,14-15H2,(H,23,27)/t18-/m1/s1. The van der Waals surface area contributed by atoms with E-state index in [2.05, 4.69) is 16.4 Å². The monoisotopic (exact) mass is 361 g/mol. The molecule has 2 aromatic carbocycles. The maximum Gasteiger partial charge on any atom is 0.225 e. The SMILES string of the molecule is O=C(NCCc1c[nH]c2ccccc12)[C@@H]1CC(=O)N(Cc2ccccc2)C1. The van der Waals surface area contributed by atoms with Gasteiger partial charge in [-0.3, -0.25) is 9.59 Å². The van der Waals surface area contributed by atoms with Gasteiger partial charge in [0.2, 0.25) is 11.8 Å². The molecule has 0 spiro atoms. The van der Waals surface area contributed by atoms with Crippen molar-refractivity contribution in [3.8, 4) is 0 Å². The van der Waals surface area contributed by atoms with E-state index in [1.165, 1.54) is 10.9 Å². The van der Waals surface area contributed by atoms with Gasteiger partial charge in [0, 0.05) is 43.2 Å². The van der Waals surface area contributed by atoms with Crippen molar-refractivity contribution in [2.75, 3.05) is 13.1 Å². The van der Waals surface area contributed by atoms with Gasteiger partial charge < -0.3 is 15.2 Å². The van der Waals surface area contributed by atoms with Gasteiger partial charge in [0.1, 0.15) is 0 Å². The number of nitrogens with zero attached hydrogens (tertiary/aromatic N) is 1. The Morgan fingerprint density at radius 3 is 2.74 bits per heavy atom. The van der Waals surface area contributed by atoms with Crippen LogP contribution in [-0.4, -0.2) is 34.8 Å². The zero-order valence-corrected chi connectivity index (χ0v) is 15.2. The van der Waals surface area contributed by atoms with Crippen LogP contribution in [-0.2, 0) is 22.6 Å². The van der Waals surface area contributed by atoms with Crippen molar-refractivity contribution >= 4 is 22.7 Å². The molecule has 2 N–H and O–H groups in total. The molecule has 3 aromatic rings. The molecule has 1 aliphatic heterocycles. The predicted octanol–water partition coefficient (Wildman–Crippen LogP) is 2.88. The van der Waals surface area contributed by atoms with E-state index in [0.29, 0.717) is 26.1 Å². The number of hydrogen-bond donors (Lipinski definition) is 2. The summed E-state index contributed by atoms with van der Waals surface area (Å²) in [4.78, 5) is 29.8. The number of aromatic amines is 1. The minimum Gasteiger partial charge on any atom is -0.361 e. The van der Waals surface area contributed by atoms with E-state index in [0.717, 1.165) is 17.5 Å². The van der Waals surface area contributed by atoms with Gasteiger partial charge in [-0.25, -0.2) is 0 Å². The molecule has 0 bridgehead atoms. The van der Waals surface area contributed by atoms with Crippen molar-refractivity contribution in [3.63, 3.8) is 0 Å². The van der Waals surface area contributed by atoms with E-state index in [-0.39, 0.29) is 17.7 Å². The van der Waals surface area contributed by atoms with Crippen LogP contribution in [0.25, 0.3) is 10.9 Å². The Hall–Kier alpha value is -3.08. The second-order valence-electron chi connectivity index (χ2n) is 7.06. The molecule has 5 nitrogen and oxygen atoms in total. The lowest BCUT2D eigenvalue weighted by Gasteiger charge is -2.16. The number of rotatable bonds is 6. The quantitative estimate of drug-likeness (QED) is 0.709. The predicted molar refractivity (Wildman–Crippen MR) is 105 cm³/mol. The summed E-state index contributed by atoms with van der Waals surface area (Å²) in [7, 11) is 0. The summed E-state index contributed by atoms with van der Waals surface area (Å²) in [5.41, 5.74) is 3.39. The van der Waals surface area contributed by atoms with Gasteiger partial charge in [-0.2, -0.15) is 0 Å². The summed E-state index contributed by atoms with van der Waals surface area (Å²) in [6.07, 6.45) is 3.06. The van der Waals surface area contributed by atoms with E-state index < -0.39 is 0 Å². The molecule has 138 valence electrons. The van der Waals surface area contributed by atoms with Gasteiger partial charge in [0.25, 0.3) is 0 Å². The van der Waals surface area contributed by atoms with Crippen molar-refractivity contribution in [2.45, 2.75) is 19.4 Å². The number of aromatic nitrogens is 1. The Kier molecular flexibility index (Phi) is 4.92. The maximum absolute atomic E-state index is 12.5. The number of benzene rings is 2. The number of carbonyl (C=O) groups is 2. The van der Waals surface area contributed by atoms with Gasteiger partial charge in [-0.15, -0.1) is 0 Å². The molecular weight excluding hydrogens is 338 g/mol. The molecule has 0 unspecified atom stereocenters. The largest absolute Gasteiger partial charge is 0.361 e. The highest BCUT2D eigenvalue weighted by Crippen LogP contribution is 2.21. The molecule has 4 rings (SSSR count). The number of fused-ring (bicyclic) bond motifs is 1. The van der Waals surface area contributed by atoms with Crippen LogP contribution in [0.2, 0.25) is 0 Å². The number of likely N-dealkylation sites (tertiary alicyclic amines) is 1. The van der Waals surface area contributed by atoms with E-state index in [1.54, 1.807) is 4.90 Å². The first-order chi connectivity index (χ1) is 13.2. The Morgan fingerprint density at radius 2 is 1.89 bits per heavy atom. The highest BCUT2D eigenvalue weighted by Gasteiger charge is 2.33. The summed E-state index contributed by atoms with van der Waals surface area (Å²) in [6, 6.07) is 18.0. The van der Waals surface area contributed by atoms with Crippen molar-refractivity contribution in [1.82, 2.24) is 15.2 Å². The Bertz CT molecular complexity index is 948. The summed E-state index contributed by atoms with van der Waals surface area (Å²) < 4.78 is 0. The van der Waals surface area contributed by atoms with Crippen LogP contribution in [0.3, 0.4) is 0 Å². The van der Waals surface area contributed by atoms with Gasteiger partial charge in [0.05, 0.1) is 5.92 Å². The van der Waals surface area contributed by atoms with Crippen molar-refractivity contribution in [3.05, 3.63) is 71.9 Å². The molecule has 1 aliphatic rings. The summed E-state index contributed by atoms with van der Waals surface area (Å²) >= 11 is 0. The van der Waals surface area contributed by atoms with E-state index in [9.17, 15) is 9.59 Å². The number of para-hydroxylation sites is 1. The normalized spacial score (nSPS) is 16.8. The first-order valence-corrected chi connectivity index (χ1v) is 9.35. The zero-order valence-electron chi connectivity index (χ0n) is 15.2. The molecule has 1 atom stereocenters. The molecule has 1 aromatic heterocycles. The molecule has 1 saturated heterocycles. The average molecular weight is 361 g/mol. The van der Waals surface area contributed by atoms with Crippen LogP contribution >= 0.6 is 0 Å². The number of amides is 2. The van der Waals surface area contributed by atoms with Gasteiger partial charge in [0.15, 0.2) is 0 Å². The van der Waals surface area contributed by atoms with Crippen LogP contribution in [0.5, 0.6) is 0 Å². The third kappa shape index (κ3) is 3.87. The smallest absolute Gasteiger partial charge is 0.225 e. The number of H-pyrrole nitrogens is 1. The fraction of sp³-hybridized carbons (Fsp3) is 0.273. The van der Waals surface area contributed by atoms with Crippen LogP contribution in [0.15, 0.2) is 60.8 Å². The van der Waals surface area contributed by atoms with E-state index in [1.807, 2.05) is 54.7 Å². The highest BCUT2D eigenvalue weighted by atomic mass is 16.2. The molecule has 0 aliphatic carbocycles. The van der Waals surface area contributed by atoms with Gasteiger partial charge >= 0.3 is 0 Å². The zero-order chi connectivity index (χ0) is 18.6. The van der Waals surface area contributed by atoms with Gasteiger partial charge in [-0.05, 0) is 23.6 Å². The van der Waals surface area contributed by atoms with Gasteiger partial charge in [-0.1, -0.05) is 48.5 Å². The van der Waals surface area contributed by atoms with Crippen LogP contribution < -0.4 is 5.32 Å². The van der Waals surface area contributed by atoms with Crippen LogP contribution in [0.1, 0.15) is 17.5 Å². The number of nitrogens with one attached hydrogen (secondary N) is 2. The maximum atomic E-state index is 12.5. The second-order valence-corrected chi connectivity index (χ2v) is 7.06. The van der Waals surface area contributed by atoms with Crippen LogP contribution in [0, 0.1) is 5.92 Å². The number of hydrogen-bond acceptors (Lipinski definition) is 2. The molecular formula is C22H23N3O2. The van der Waals surface area contributed by atoms with Crippen molar-refractivity contribution in [1.29, 1.82) is 0 Å². The van der Waals surface area contributed by atoms with E-state index in [4.69, 9.17) is 0 Å². The highest BCUT2D eigenvalue weighted by molar-refractivity contribution is 5.89. The Morgan fingerprint density at radius 1 is 1.11 bits per heavy atom. The topological polar surface area (TPSA) is 65.2 Å². The summed E-state index contributed by atoms with van der Waals surface area (Å²) in [6.45, 7) is 1.63. The van der Waals surface area contributed by atoms with Crippen molar-refractivity contribution < 1.29 is 9.59 Å². The first kappa shape index (κ1) is 17.3. The first-order valence-electron chi connectivity index (χ1n) is 9.35. The second kappa shape index (κ2) is 7.66. The third-order valence-corrected chi connectivity index (χ3v) is 5.17. The average Bonchev–Trinajstić information content (AvgIpc) is 3.27. The molecule has 2 amide bonds. The lowest BCUT2D eigenvalue weighted by molar-refractivity contribution is -0.129. The minimum absolute atomic E-state index is 0.0289. The third-order valence-electron chi connectivity index (χ3n) is 5.17. The Labute approximate surface area is 158 Å². The molecule has 1 fully saturated rings. The lowest BCUT2D eigenvalue weighted by atomic mass is 10.1. The lowest BCUT2D eigenvalue weighted by Crippen LogP contribution is -2.34. The minimum atomic E-state index is -0.260. The van der Waals surface area contributed by atoms with Crippen LogP contribution in [0.4, 0.5) is 0 Å². The molecule has 0 saturated carbocycles. The fourth-order valence-electron chi connectivity index (χ4n) is 3.71. The fourth-order valence-corrected chi connectivity index (χ4v) is 3.71. The molecule has 5 heteroatoms. The summed E-state index contributed by atoms with van der Waals surface area (Å²) in [5, 5.41) is 4.19. The van der Waals surface area contributed by atoms with Crippen molar-refractivity contribution in [2.24, 2.45) is 5.92 Å². The van der Waals surface area contributed by atoms with E-state index >= 15 is 0 Å².